The summed E-state index contributed by atoms with van der Waals surface area (Å²) in [6, 6.07) is 15.7. The van der Waals surface area contributed by atoms with E-state index in [-0.39, 0.29) is 12.3 Å². The molecule has 7 heteroatoms. The van der Waals surface area contributed by atoms with Gasteiger partial charge in [-0.2, -0.15) is 0 Å². The number of aromatic amines is 1. The minimum atomic E-state index is -0.111. The van der Waals surface area contributed by atoms with Gasteiger partial charge in [0.15, 0.2) is 0 Å². The van der Waals surface area contributed by atoms with Crippen LogP contribution >= 0.6 is 0 Å². The smallest absolute Gasteiger partial charge is 0.326 e. The molecule has 0 saturated heterocycles. The first-order chi connectivity index (χ1) is 12.2. The number of rotatable bonds is 5. The molecule has 0 radical (unpaired) electrons. The van der Waals surface area contributed by atoms with Crippen molar-refractivity contribution in [2.24, 2.45) is 0 Å². The van der Waals surface area contributed by atoms with Gasteiger partial charge in [-0.05, 0) is 23.3 Å². The van der Waals surface area contributed by atoms with Crippen molar-refractivity contribution >= 4 is 11.0 Å². The molecule has 2 aromatic carbocycles. The lowest BCUT2D eigenvalue weighted by atomic mass is 10.1. The maximum absolute atomic E-state index is 12.2. The number of H-pyrrole nitrogens is 1. The number of imidazole rings is 1. The summed E-state index contributed by atoms with van der Waals surface area (Å²) in [6.07, 6.45) is 1.55. The van der Waals surface area contributed by atoms with Crippen LogP contribution in [0.1, 0.15) is 16.8 Å². The normalized spacial score (nSPS) is 11.2. The zero-order valence-corrected chi connectivity index (χ0v) is 13.5. The average molecular weight is 335 g/mol. The highest BCUT2D eigenvalue weighted by atomic mass is 16.3. The Bertz CT molecular complexity index is 1060. The molecule has 0 aliphatic carbocycles. The number of nitrogens with one attached hydrogen (secondary N) is 1. The van der Waals surface area contributed by atoms with E-state index < -0.39 is 0 Å². The molecule has 2 aromatic heterocycles. The van der Waals surface area contributed by atoms with Crippen molar-refractivity contribution in [3.8, 4) is 0 Å². The van der Waals surface area contributed by atoms with Crippen LogP contribution in [0, 0.1) is 0 Å². The van der Waals surface area contributed by atoms with Gasteiger partial charge in [-0.1, -0.05) is 41.6 Å². The highest BCUT2D eigenvalue weighted by molar-refractivity contribution is 5.75. The van der Waals surface area contributed by atoms with E-state index in [0.29, 0.717) is 18.8 Å². The summed E-state index contributed by atoms with van der Waals surface area (Å²) in [6.45, 7) is 0.964. The molecule has 0 amide bonds. The van der Waals surface area contributed by atoms with Crippen molar-refractivity contribution in [3.05, 3.63) is 82.0 Å². The summed E-state index contributed by atoms with van der Waals surface area (Å²) in [5, 5.41) is 17.0. The topological polar surface area (TPSA) is 88.7 Å². The van der Waals surface area contributed by atoms with Crippen molar-refractivity contribution in [2.45, 2.75) is 19.7 Å². The van der Waals surface area contributed by atoms with Crippen LogP contribution in [0.3, 0.4) is 0 Å². The number of hydrogen-bond donors (Lipinski definition) is 2. The Morgan fingerprint density at radius 2 is 1.72 bits per heavy atom. The number of para-hydroxylation sites is 2. The Hall–Kier alpha value is -3.19. The summed E-state index contributed by atoms with van der Waals surface area (Å²) < 4.78 is 3.39. The monoisotopic (exact) mass is 335 g/mol. The molecule has 0 bridgehead atoms. The molecule has 25 heavy (non-hydrogen) atoms. The third-order valence-electron chi connectivity index (χ3n) is 4.24. The largest absolute Gasteiger partial charge is 0.390 e. The molecule has 0 atom stereocenters. The third-order valence-corrected chi connectivity index (χ3v) is 4.24. The lowest BCUT2D eigenvalue weighted by Crippen LogP contribution is -2.17. The summed E-state index contributed by atoms with van der Waals surface area (Å²) in [5.41, 5.74) is 4.39. The molecule has 0 unspecified atom stereocenters. The van der Waals surface area contributed by atoms with Gasteiger partial charge in [0.25, 0.3) is 0 Å². The van der Waals surface area contributed by atoms with Crippen LogP contribution in [0.5, 0.6) is 0 Å². The second kappa shape index (κ2) is 6.37. The quantitative estimate of drug-likeness (QED) is 0.579. The molecule has 0 fully saturated rings. The van der Waals surface area contributed by atoms with Crippen molar-refractivity contribution in [1.29, 1.82) is 0 Å². The summed E-state index contributed by atoms with van der Waals surface area (Å²) in [7, 11) is 0. The second-order valence-electron chi connectivity index (χ2n) is 5.89. The van der Waals surface area contributed by atoms with Crippen molar-refractivity contribution < 1.29 is 5.11 Å². The van der Waals surface area contributed by atoms with E-state index in [4.69, 9.17) is 0 Å². The van der Waals surface area contributed by atoms with Gasteiger partial charge in [0.1, 0.15) is 0 Å². The molecule has 7 nitrogen and oxygen atoms in total. The van der Waals surface area contributed by atoms with Gasteiger partial charge in [0.05, 0.1) is 42.6 Å². The van der Waals surface area contributed by atoms with Crippen molar-refractivity contribution in [3.63, 3.8) is 0 Å². The van der Waals surface area contributed by atoms with E-state index in [1.54, 1.807) is 15.4 Å². The fourth-order valence-corrected chi connectivity index (χ4v) is 2.90. The number of fused-ring (bicyclic) bond motifs is 1. The van der Waals surface area contributed by atoms with Gasteiger partial charge in [-0.25, -0.2) is 9.48 Å². The Morgan fingerprint density at radius 1 is 1.00 bits per heavy atom. The van der Waals surface area contributed by atoms with E-state index in [9.17, 15) is 9.90 Å². The number of aromatic nitrogens is 5. The number of benzene rings is 2. The standard InChI is InChI=1S/C18H17N5O2/c24-12-15-9-19-21-23(15)11-14-7-5-13(6-8-14)10-22-17-4-2-1-3-16(17)20-18(22)25/h1-9,24H,10-12H2,(H,20,25). The van der Waals surface area contributed by atoms with Gasteiger partial charge in [-0.3, -0.25) is 4.57 Å². The highest BCUT2D eigenvalue weighted by Crippen LogP contribution is 2.13. The number of hydrogen-bond acceptors (Lipinski definition) is 4. The van der Waals surface area contributed by atoms with Crippen molar-refractivity contribution in [2.75, 3.05) is 0 Å². The Balaban J connectivity index is 1.56. The highest BCUT2D eigenvalue weighted by Gasteiger charge is 2.07. The third kappa shape index (κ3) is 2.97. The Morgan fingerprint density at radius 3 is 2.48 bits per heavy atom. The Kier molecular flexibility index (Phi) is 3.91. The molecule has 0 saturated carbocycles. The Labute approximate surface area is 143 Å². The summed E-state index contributed by atoms with van der Waals surface area (Å²) >= 11 is 0. The minimum Gasteiger partial charge on any atom is -0.390 e. The molecule has 4 rings (SSSR count). The molecule has 2 N–H and O–H groups in total. The molecular formula is C18H17N5O2. The SMILES string of the molecule is O=c1[nH]c2ccccc2n1Cc1ccc(Cn2nncc2CO)cc1. The van der Waals surface area contributed by atoms with Crippen LogP contribution in [0.25, 0.3) is 11.0 Å². The van der Waals surface area contributed by atoms with Gasteiger partial charge in [0, 0.05) is 0 Å². The van der Waals surface area contributed by atoms with E-state index in [1.807, 2.05) is 48.5 Å². The first kappa shape index (κ1) is 15.3. The predicted molar refractivity (Wildman–Crippen MR) is 93.1 cm³/mol. The lowest BCUT2D eigenvalue weighted by Gasteiger charge is -2.07. The molecule has 0 aliphatic heterocycles. The maximum Gasteiger partial charge on any atom is 0.326 e. The average Bonchev–Trinajstić information content (AvgIpc) is 3.21. The predicted octanol–water partition coefficient (Wildman–Crippen LogP) is 1.51. The molecule has 0 spiro atoms. The molecule has 126 valence electrons. The van der Waals surface area contributed by atoms with Crippen LogP contribution < -0.4 is 5.69 Å². The molecule has 0 aliphatic rings. The van der Waals surface area contributed by atoms with Crippen LogP contribution in [0.15, 0.2) is 59.5 Å². The van der Waals surface area contributed by atoms with Gasteiger partial charge >= 0.3 is 5.69 Å². The fourth-order valence-electron chi connectivity index (χ4n) is 2.90. The van der Waals surface area contributed by atoms with E-state index >= 15 is 0 Å². The number of nitrogens with zero attached hydrogens (tertiary/aromatic N) is 4. The van der Waals surface area contributed by atoms with Crippen molar-refractivity contribution in [1.82, 2.24) is 24.5 Å². The summed E-state index contributed by atoms with van der Waals surface area (Å²) in [4.78, 5) is 15.0. The number of aliphatic hydroxyl groups excluding tert-OH is 1. The van der Waals surface area contributed by atoms with Crippen LogP contribution in [-0.4, -0.2) is 29.7 Å². The van der Waals surface area contributed by atoms with E-state index in [0.717, 1.165) is 22.2 Å². The first-order valence-corrected chi connectivity index (χ1v) is 7.98. The molecular weight excluding hydrogens is 318 g/mol. The fraction of sp³-hybridized carbons (Fsp3) is 0.167. The van der Waals surface area contributed by atoms with E-state index in [2.05, 4.69) is 15.3 Å². The zero-order valence-electron chi connectivity index (χ0n) is 13.5. The van der Waals surface area contributed by atoms with Crippen LogP contribution in [-0.2, 0) is 19.7 Å². The molecule has 2 heterocycles. The van der Waals surface area contributed by atoms with Crippen LogP contribution in [0.2, 0.25) is 0 Å². The summed E-state index contributed by atoms with van der Waals surface area (Å²) in [5.74, 6) is 0. The lowest BCUT2D eigenvalue weighted by molar-refractivity contribution is 0.269. The van der Waals surface area contributed by atoms with Gasteiger partial charge in [0.2, 0.25) is 0 Å². The number of aliphatic hydroxyl groups is 1. The maximum atomic E-state index is 12.2. The van der Waals surface area contributed by atoms with Gasteiger partial charge < -0.3 is 10.1 Å². The van der Waals surface area contributed by atoms with E-state index in [1.165, 1.54) is 0 Å². The second-order valence-corrected chi connectivity index (χ2v) is 5.89. The minimum absolute atomic E-state index is 0.0887. The zero-order chi connectivity index (χ0) is 17.2. The molecule has 4 aromatic rings. The van der Waals surface area contributed by atoms with Gasteiger partial charge in [-0.15, -0.1) is 5.10 Å². The van der Waals surface area contributed by atoms with Crippen LogP contribution in [0.4, 0.5) is 0 Å². The first-order valence-electron chi connectivity index (χ1n) is 7.98.